The quantitative estimate of drug-likeness (QED) is 0.746. The fourth-order valence-electron chi connectivity index (χ4n) is 4.85. The number of carbonyl (C=O) groups is 2. The van der Waals surface area contributed by atoms with Crippen LogP contribution in [0.4, 0.5) is 0 Å². The highest BCUT2D eigenvalue weighted by atomic mass is 16.5. The molecular weight excluding hydrogens is 364 g/mol. The SMILES string of the molecule is C#Cc1cccc(C(=O)N2C3CCC2CN(C(=O)c2cccc4c2OCC4)C3)c1. The molecule has 2 atom stereocenters. The van der Waals surface area contributed by atoms with Crippen LogP contribution in [-0.2, 0) is 6.42 Å². The number of hydrogen-bond donors (Lipinski definition) is 0. The van der Waals surface area contributed by atoms with E-state index < -0.39 is 0 Å². The van der Waals surface area contributed by atoms with Gasteiger partial charge in [-0.1, -0.05) is 24.1 Å². The first kappa shape index (κ1) is 17.8. The van der Waals surface area contributed by atoms with E-state index in [0.29, 0.717) is 36.4 Å². The number of amides is 2. The van der Waals surface area contributed by atoms with Crippen molar-refractivity contribution in [3.8, 4) is 18.1 Å². The van der Waals surface area contributed by atoms with Crippen molar-refractivity contribution in [3.05, 3.63) is 64.7 Å². The summed E-state index contributed by atoms with van der Waals surface area (Å²) in [4.78, 5) is 30.2. The molecule has 0 radical (unpaired) electrons. The highest BCUT2D eigenvalue weighted by Crippen LogP contribution is 2.35. The molecule has 3 aliphatic heterocycles. The number of hydrogen-bond acceptors (Lipinski definition) is 3. The monoisotopic (exact) mass is 386 g/mol. The number of benzene rings is 2. The molecular formula is C24H22N2O3. The van der Waals surface area contributed by atoms with Crippen LogP contribution < -0.4 is 4.74 Å². The van der Waals surface area contributed by atoms with Crippen LogP contribution in [0.5, 0.6) is 5.75 Å². The Kier molecular flexibility index (Phi) is 4.28. The van der Waals surface area contributed by atoms with Gasteiger partial charge in [0, 0.05) is 30.6 Å². The molecule has 2 unspecified atom stereocenters. The smallest absolute Gasteiger partial charge is 0.257 e. The summed E-state index contributed by atoms with van der Waals surface area (Å²) in [5, 5.41) is 0. The van der Waals surface area contributed by atoms with Crippen LogP contribution in [0.1, 0.15) is 44.7 Å². The van der Waals surface area contributed by atoms with Crippen molar-refractivity contribution in [2.45, 2.75) is 31.3 Å². The Morgan fingerprint density at radius 1 is 1.03 bits per heavy atom. The Hall–Kier alpha value is -3.26. The zero-order valence-corrected chi connectivity index (χ0v) is 16.1. The van der Waals surface area contributed by atoms with E-state index in [0.717, 1.165) is 30.6 Å². The van der Waals surface area contributed by atoms with Gasteiger partial charge >= 0.3 is 0 Å². The van der Waals surface area contributed by atoms with Crippen LogP contribution in [0.25, 0.3) is 0 Å². The van der Waals surface area contributed by atoms with Crippen molar-refractivity contribution < 1.29 is 14.3 Å². The van der Waals surface area contributed by atoms with Crippen molar-refractivity contribution in [2.24, 2.45) is 0 Å². The molecule has 0 aliphatic carbocycles. The number of para-hydroxylation sites is 1. The van der Waals surface area contributed by atoms with E-state index in [1.54, 1.807) is 6.07 Å². The standard InChI is InChI=1S/C24H22N2O3/c1-2-16-5-3-7-18(13-16)23(27)26-19-9-10-20(26)15-25(14-19)24(28)21-8-4-6-17-11-12-29-22(17)21/h1,3-8,13,19-20H,9-12,14-15H2. The van der Waals surface area contributed by atoms with E-state index in [-0.39, 0.29) is 23.9 Å². The molecule has 5 heteroatoms. The number of carbonyl (C=O) groups excluding carboxylic acids is 2. The molecule has 0 saturated carbocycles. The van der Waals surface area contributed by atoms with E-state index in [2.05, 4.69) is 5.92 Å². The molecule has 2 aromatic carbocycles. The molecule has 3 aliphatic rings. The summed E-state index contributed by atoms with van der Waals surface area (Å²) in [6.07, 6.45) is 8.16. The molecule has 0 aromatic heterocycles. The number of likely N-dealkylation sites (tertiary alicyclic amines) is 1. The average Bonchev–Trinajstić information content (AvgIpc) is 3.34. The Labute approximate surface area is 170 Å². The summed E-state index contributed by atoms with van der Waals surface area (Å²) in [5.41, 5.74) is 3.06. The average molecular weight is 386 g/mol. The van der Waals surface area contributed by atoms with Crippen molar-refractivity contribution in [2.75, 3.05) is 19.7 Å². The van der Waals surface area contributed by atoms with Crippen molar-refractivity contribution >= 4 is 11.8 Å². The number of fused-ring (bicyclic) bond motifs is 3. The van der Waals surface area contributed by atoms with E-state index in [1.807, 2.05) is 46.2 Å². The Morgan fingerprint density at radius 2 is 1.79 bits per heavy atom. The van der Waals surface area contributed by atoms with Crippen LogP contribution in [0.15, 0.2) is 42.5 Å². The topological polar surface area (TPSA) is 49.9 Å². The van der Waals surface area contributed by atoms with Crippen LogP contribution in [0.3, 0.4) is 0 Å². The molecule has 2 aromatic rings. The molecule has 2 amide bonds. The Morgan fingerprint density at radius 3 is 2.55 bits per heavy atom. The van der Waals surface area contributed by atoms with Gasteiger partial charge in [-0.05, 0) is 42.7 Å². The molecule has 3 heterocycles. The fraction of sp³-hybridized carbons (Fsp3) is 0.333. The maximum Gasteiger partial charge on any atom is 0.257 e. The predicted octanol–water partition coefficient (Wildman–Crippen LogP) is 2.73. The maximum atomic E-state index is 13.2. The van der Waals surface area contributed by atoms with Crippen molar-refractivity contribution in [1.82, 2.24) is 9.80 Å². The lowest BCUT2D eigenvalue weighted by atomic mass is 10.0. The van der Waals surface area contributed by atoms with Gasteiger partial charge in [0.1, 0.15) is 5.75 Å². The number of rotatable bonds is 2. The molecule has 2 fully saturated rings. The van der Waals surface area contributed by atoms with E-state index >= 15 is 0 Å². The van der Waals surface area contributed by atoms with Crippen molar-refractivity contribution in [1.29, 1.82) is 0 Å². The molecule has 2 bridgehead atoms. The van der Waals surface area contributed by atoms with Gasteiger partial charge in [-0.15, -0.1) is 6.42 Å². The van der Waals surface area contributed by atoms with Crippen LogP contribution in [0.2, 0.25) is 0 Å². The number of nitrogens with zero attached hydrogens (tertiary/aromatic N) is 2. The van der Waals surface area contributed by atoms with E-state index in [9.17, 15) is 9.59 Å². The number of ether oxygens (including phenoxy) is 1. The first-order valence-corrected chi connectivity index (χ1v) is 10.1. The van der Waals surface area contributed by atoms with Gasteiger partial charge < -0.3 is 14.5 Å². The third-order valence-corrected chi connectivity index (χ3v) is 6.22. The van der Waals surface area contributed by atoms with Crippen LogP contribution in [0, 0.1) is 12.3 Å². The van der Waals surface area contributed by atoms with Gasteiger partial charge in [-0.25, -0.2) is 0 Å². The van der Waals surface area contributed by atoms with E-state index in [4.69, 9.17) is 11.2 Å². The zero-order chi connectivity index (χ0) is 20.0. The van der Waals surface area contributed by atoms with Gasteiger partial charge in [-0.3, -0.25) is 9.59 Å². The highest BCUT2D eigenvalue weighted by Gasteiger charge is 2.44. The van der Waals surface area contributed by atoms with Crippen molar-refractivity contribution in [3.63, 3.8) is 0 Å². The minimum Gasteiger partial charge on any atom is -0.492 e. The van der Waals surface area contributed by atoms with Gasteiger partial charge in [0.2, 0.25) is 0 Å². The second kappa shape index (κ2) is 6.97. The molecule has 0 spiro atoms. The predicted molar refractivity (Wildman–Crippen MR) is 109 cm³/mol. The molecule has 5 rings (SSSR count). The van der Waals surface area contributed by atoms with Gasteiger partial charge in [0.05, 0.1) is 24.3 Å². The Balaban J connectivity index is 1.36. The lowest BCUT2D eigenvalue weighted by molar-refractivity contribution is 0.0358. The third kappa shape index (κ3) is 2.96. The summed E-state index contributed by atoms with van der Waals surface area (Å²) in [6.45, 7) is 1.74. The summed E-state index contributed by atoms with van der Waals surface area (Å²) in [7, 11) is 0. The minimum absolute atomic E-state index is 0.00192. The molecule has 29 heavy (non-hydrogen) atoms. The first-order chi connectivity index (χ1) is 14.2. The summed E-state index contributed by atoms with van der Waals surface area (Å²) in [6, 6.07) is 13.1. The second-order valence-corrected chi connectivity index (χ2v) is 7.92. The number of piperazine rings is 1. The summed E-state index contributed by atoms with van der Waals surface area (Å²) < 4.78 is 5.72. The molecule has 2 saturated heterocycles. The van der Waals surface area contributed by atoms with Crippen LogP contribution >= 0.6 is 0 Å². The normalized spacial score (nSPS) is 22.0. The molecule has 5 nitrogen and oxygen atoms in total. The highest BCUT2D eigenvalue weighted by molar-refractivity contribution is 5.98. The fourth-order valence-corrected chi connectivity index (χ4v) is 4.85. The maximum absolute atomic E-state index is 13.2. The van der Waals surface area contributed by atoms with Gasteiger partial charge in [0.15, 0.2) is 0 Å². The lowest BCUT2D eigenvalue weighted by Gasteiger charge is -2.41. The Bertz CT molecular complexity index is 1020. The summed E-state index contributed by atoms with van der Waals surface area (Å²) in [5.74, 6) is 3.33. The minimum atomic E-state index is 0.00192. The second-order valence-electron chi connectivity index (χ2n) is 7.92. The van der Waals surface area contributed by atoms with Crippen LogP contribution in [-0.4, -0.2) is 53.4 Å². The summed E-state index contributed by atoms with van der Waals surface area (Å²) >= 11 is 0. The number of terminal acetylenes is 1. The van der Waals surface area contributed by atoms with E-state index in [1.165, 1.54) is 0 Å². The largest absolute Gasteiger partial charge is 0.492 e. The first-order valence-electron chi connectivity index (χ1n) is 10.1. The third-order valence-electron chi connectivity index (χ3n) is 6.22. The molecule has 0 N–H and O–H groups in total. The lowest BCUT2D eigenvalue weighted by Crippen LogP contribution is -2.57. The zero-order valence-electron chi connectivity index (χ0n) is 16.1. The van der Waals surface area contributed by atoms with Gasteiger partial charge in [0.25, 0.3) is 11.8 Å². The van der Waals surface area contributed by atoms with Gasteiger partial charge in [-0.2, -0.15) is 0 Å². The molecule has 146 valence electrons.